The third kappa shape index (κ3) is 1.91. The van der Waals surface area contributed by atoms with Crippen LogP contribution in [0.3, 0.4) is 0 Å². The van der Waals surface area contributed by atoms with E-state index >= 15 is 0 Å². The Labute approximate surface area is 77.1 Å². The summed E-state index contributed by atoms with van der Waals surface area (Å²) in [7, 11) is 0. The highest BCUT2D eigenvalue weighted by molar-refractivity contribution is 5.02. The molecule has 0 aromatic heterocycles. The van der Waals surface area contributed by atoms with Gasteiger partial charge in [-0.2, -0.15) is 0 Å². The molecule has 1 fully saturated rings. The minimum absolute atomic E-state index is 0.847. The topological polar surface area (TPSA) is 0 Å². The highest BCUT2D eigenvalue weighted by Gasteiger charge is 2.33. The lowest BCUT2D eigenvalue weighted by Crippen LogP contribution is -2.08. The minimum Gasteiger partial charge on any atom is -0.0825 e. The molecule has 0 saturated heterocycles. The van der Waals surface area contributed by atoms with Crippen molar-refractivity contribution in [3.63, 3.8) is 0 Å². The van der Waals surface area contributed by atoms with E-state index < -0.39 is 0 Å². The number of rotatable bonds is 1. The van der Waals surface area contributed by atoms with Crippen LogP contribution in [-0.4, -0.2) is 0 Å². The van der Waals surface area contributed by atoms with E-state index in [1.54, 1.807) is 0 Å². The van der Waals surface area contributed by atoms with Crippen molar-refractivity contribution in [1.82, 2.24) is 0 Å². The van der Waals surface area contributed by atoms with Crippen molar-refractivity contribution in [3.8, 4) is 0 Å². The first-order valence-corrected chi connectivity index (χ1v) is 5.17. The SMILES string of the molecule is CC(C)=CC1CC(C)C(C)C1C. The quantitative estimate of drug-likeness (QED) is 0.519. The molecule has 12 heavy (non-hydrogen) atoms. The lowest BCUT2D eigenvalue weighted by atomic mass is 9.90. The summed E-state index contributed by atoms with van der Waals surface area (Å²) in [6, 6.07) is 0. The summed E-state index contributed by atoms with van der Waals surface area (Å²) < 4.78 is 0. The van der Waals surface area contributed by atoms with Crippen LogP contribution < -0.4 is 0 Å². The van der Waals surface area contributed by atoms with E-state index in [-0.39, 0.29) is 0 Å². The standard InChI is InChI=1S/C12H22/c1-8(2)6-12-7-9(3)10(4)11(12)5/h6,9-12H,7H2,1-5H3. The van der Waals surface area contributed by atoms with Crippen LogP contribution in [-0.2, 0) is 0 Å². The Bertz CT molecular complexity index is 174. The second-order valence-corrected chi connectivity index (χ2v) is 4.84. The van der Waals surface area contributed by atoms with Crippen LogP contribution in [0.2, 0.25) is 0 Å². The smallest absolute Gasteiger partial charge is 0.0200 e. The van der Waals surface area contributed by atoms with E-state index in [4.69, 9.17) is 0 Å². The van der Waals surface area contributed by atoms with Crippen LogP contribution in [0.25, 0.3) is 0 Å². The minimum atomic E-state index is 0.847. The fourth-order valence-corrected chi connectivity index (χ4v) is 2.41. The molecule has 0 nitrogen and oxygen atoms in total. The number of allylic oxidation sites excluding steroid dienone is 2. The molecule has 0 spiro atoms. The van der Waals surface area contributed by atoms with Crippen LogP contribution in [0.4, 0.5) is 0 Å². The normalized spacial score (nSPS) is 41.4. The molecule has 0 aromatic rings. The molecular formula is C12H22. The van der Waals surface area contributed by atoms with Crippen LogP contribution in [0.1, 0.15) is 41.0 Å². The van der Waals surface area contributed by atoms with Gasteiger partial charge >= 0.3 is 0 Å². The van der Waals surface area contributed by atoms with Crippen LogP contribution in [0.15, 0.2) is 11.6 Å². The predicted octanol–water partition coefficient (Wildman–Crippen LogP) is 3.88. The predicted molar refractivity (Wildman–Crippen MR) is 55.0 cm³/mol. The molecule has 4 atom stereocenters. The van der Waals surface area contributed by atoms with E-state index in [2.05, 4.69) is 40.7 Å². The van der Waals surface area contributed by atoms with Crippen molar-refractivity contribution in [2.75, 3.05) is 0 Å². The molecular weight excluding hydrogens is 144 g/mol. The largest absolute Gasteiger partial charge is 0.0825 e. The van der Waals surface area contributed by atoms with E-state index in [1.165, 1.54) is 12.0 Å². The average Bonchev–Trinajstić information content (AvgIpc) is 2.17. The summed E-state index contributed by atoms with van der Waals surface area (Å²) in [6.07, 6.45) is 3.86. The highest BCUT2D eigenvalue weighted by Crippen LogP contribution is 2.41. The molecule has 0 aromatic carbocycles. The van der Waals surface area contributed by atoms with Gasteiger partial charge in [-0.25, -0.2) is 0 Å². The fourth-order valence-electron chi connectivity index (χ4n) is 2.41. The molecule has 1 rings (SSSR count). The Morgan fingerprint density at radius 3 is 2.00 bits per heavy atom. The van der Waals surface area contributed by atoms with E-state index in [1.807, 2.05) is 0 Å². The van der Waals surface area contributed by atoms with Crippen molar-refractivity contribution >= 4 is 0 Å². The van der Waals surface area contributed by atoms with Gasteiger partial charge in [0.2, 0.25) is 0 Å². The molecule has 0 N–H and O–H groups in total. The maximum Gasteiger partial charge on any atom is -0.0200 e. The zero-order valence-electron chi connectivity index (χ0n) is 9.09. The van der Waals surface area contributed by atoms with Gasteiger partial charge in [0.15, 0.2) is 0 Å². The molecule has 4 unspecified atom stereocenters. The van der Waals surface area contributed by atoms with Crippen LogP contribution >= 0.6 is 0 Å². The lowest BCUT2D eigenvalue weighted by molar-refractivity contribution is 0.363. The first-order chi connectivity index (χ1) is 5.52. The molecule has 0 amide bonds. The maximum absolute atomic E-state index is 2.46. The molecule has 0 bridgehead atoms. The zero-order chi connectivity index (χ0) is 9.30. The molecule has 0 heteroatoms. The first kappa shape index (κ1) is 9.83. The Kier molecular flexibility index (Phi) is 2.98. The van der Waals surface area contributed by atoms with Crippen molar-refractivity contribution in [3.05, 3.63) is 11.6 Å². The van der Waals surface area contributed by atoms with Crippen LogP contribution in [0.5, 0.6) is 0 Å². The van der Waals surface area contributed by atoms with Gasteiger partial charge in [-0.15, -0.1) is 0 Å². The third-order valence-electron chi connectivity index (χ3n) is 3.59. The molecule has 0 radical (unpaired) electrons. The second kappa shape index (κ2) is 3.64. The molecule has 0 heterocycles. The molecule has 1 aliphatic carbocycles. The Morgan fingerprint density at radius 1 is 1.08 bits per heavy atom. The van der Waals surface area contributed by atoms with Crippen molar-refractivity contribution in [2.24, 2.45) is 23.7 Å². The van der Waals surface area contributed by atoms with Gasteiger partial charge in [-0.3, -0.25) is 0 Å². The van der Waals surface area contributed by atoms with E-state index in [0.29, 0.717) is 0 Å². The highest BCUT2D eigenvalue weighted by atomic mass is 14.4. The van der Waals surface area contributed by atoms with Crippen molar-refractivity contribution < 1.29 is 0 Å². The van der Waals surface area contributed by atoms with Gasteiger partial charge in [0.25, 0.3) is 0 Å². The fraction of sp³-hybridized carbons (Fsp3) is 0.833. The first-order valence-electron chi connectivity index (χ1n) is 5.17. The number of hydrogen-bond donors (Lipinski definition) is 0. The van der Waals surface area contributed by atoms with E-state index in [0.717, 1.165) is 23.7 Å². The second-order valence-electron chi connectivity index (χ2n) is 4.84. The Hall–Kier alpha value is -0.260. The Morgan fingerprint density at radius 2 is 1.67 bits per heavy atom. The molecule has 0 aliphatic heterocycles. The summed E-state index contributed by atoms with van der Waals surface area (Å²) in [4.78, 5) is 0. The van der Waals surface area contributed by atoms with Gasteiger partial charge in [0, 0.05) is 0 Å². The zero-order valence-corrected chi connectivity index (χ0v) is 9.09. The Balaban J connectivity index is 2.65. The van der Waals surface area contributed by atoms with Gasteiger partial charge in [-0.1, -0.05) is 32.4 Å². The van der Waals surface area contributed by atoms with Gasteiger partial charge in [0.1, 0.15) is 0 Å². The molecule has 1 aliphatic rings. The third-order valence-corrected chi connectivity index (χ3v) is 3.59. The summed E-state index contributed by atoms with van der Waals surface area (Å²) >= 11 is 0. The van der Waals surface area contributed by atoms with Crippen molar-refractivity contribution in [2.45, 2.75) is 41.0 Å². The van der Waals surface area contributed by atoms with Crippen LogP contribution in [0, 0.1) is 23.7 Å². The van der Waals surface area contributed by atoms with Gasteiger partial charge in [-0.05, 0) is 43.9 Å². The summed E-state index contributed by atoms with van der Waals surface area (Å²) in [5.41, 5.74) is 1.48. The summed E-state index contributed by atoms with van der Waals surface area (Å²) in [5, 5.41) is 0. The summed E-state index contributed by atoms with van der Waals surface area (Å²) in [5.74, 6) is 3.56. The monoisotopic (exact) mass is 166 g/mol. The molecule has 1 saturated carbocycles. The van der Waals surface area contributed by atoms with Gasteiger partial charge in [0.05, 0.1) is 0 Å². The lowest BCUT2D eigenvalue weighted by Gasteiger charge is -2.15. The van der Waals surface area contributed by atoms with E-state index in [9.17, 15) is 0 Å². The van der Waals surface area contributed by atoms with Crippen molar-refractivity contribution in [1.29, 1.82) is 0 Å². The molecule has 70 valence electrons. The van der Waals surface area contributed by atoms with Gasteiger partial charge < -0.3 is 0 Å². The number of hydrogen-bond acceptors (Lipinski definition) is 0. The maximum atomic E-state index is 2.46. The average molecular weight is 166 g/mol. The summed E-state index contributed by atoms with van der Waals surface area (Å²) in [6.45, 7) is 11.6.